The Morgan fingerprint density at radius 1 is 1.18 bits per heavy atom. The molecule has 0 atom stereocenters. The number of unbranched alkanes of at least 4 members (excludes halogenated alkanes) is 1. The van der Waals surface area contributed by atoms with Crippen LogP contribution in [0.15, 0.2) is 0 Å². The van der Waals surface area contributed by atoms with E-state index in [9.17, 15) is 0 Å². The van der Waals surface area contributed by atoms with Crippen molar-refractivity contribution in [3.05, 3.63) is 0 Å². The highest BCUT2D eigenvalue weighted by atomic mass is 35.5. The lowest BCUT2D eigenvalue weighted by Crippen LogP contribution is -1.97. The van der Waals surface area contributed by atoms with Crippen LogP contribution in [0.3, 0.4) is 0 Å². The zero-order valence-electron chi connectivity index (χ0n) is 6.89. The fourth-order valence-corrected chi connectivity index (χ4v) is 6.05. The smallest absolute Gasteiger partial charge is 0.0400 e. The number of hydrogen-bond acceptors (Lipinski definition) is 1. The average Bonchev–Trinajstić information content (AvgIpc) is 2.38. The number of halogens is 1. The lowest BCUT2D eigenvalue weighted by molar-refractivity contribution is 0.896. The lowest BCUT2D eigenvalue weighted by Gasteiger charge is -2.27. The van der Waals surface area contributed by atoms with Gasteiger partial charge in [0, 0.05) is 24.4 Å². The van der Waals surface area contributed by atoms with Crippen LogP contribution in [0.1, 0.15) is 25.7 Å². The van der Waals surface area contributed by atoms with Crippen LogP contribution in [0.4, 0.5) is 0 Å². The summed E-state index contributed by atoms with van der Waals surface area (Å²) >= 11 is 11.3. The van der Waals surface area contributed by atoms with Crippen molar-refractivity contribution in [1.82, 2.24) is 0 Å². The summed E-state index contributed by atoms with van der Waals surface area (Å²) in [6, 6.07) is 0. The quantitative estimate of drug-likeness (QED) is 0.297. The van der Waals surface area contributed by atoms with Gasteiger partial charge >= 0.3 is 0 Å². The largest absolute Gasteiger partial charge is 0.556 e. The molecule has 0 unspecified atom stereocenters. The standard InChI is InChI=1S/C8H16ClPS/c9-5-1-2-6-10(11)7-3-4-8-10/h1-8H2. The van der Waals surface area contributed by atoms with Gasteiger partial charge in [0.15, 0.2) is 0 Å². The van der Waals surface area contributed by atoms with E-state index in [1.54, 1.807) is 0 Å². The van der Waals surface area contributed by atoms with Crippen molar-refractivity contribution in [2.45, 2.75) is 25.7 Å². The first-order valence-corrected chi connectivity index (χ1v) is 8.29. The maximum Gasteiger partial charge on any atom is 0.0400 e. The molecule has 1 saturated heterocycles. The van der Waals surface area contributed by atoms with Gasteiger partial charge in [0.05, 0.1) is 0 Å². The van der Waals surface area contributed by atoms with Gasteiger partial charge in [0.2, 0.25) is 0 Å². The SMILES string of the molecule is [S-][P+]1(CCCCCl)CCCC1. The molecule has 0 aromatic rings. The summed E-state index contributed by atoms with van der Waals surface area (Å²) in [7, 11) is 0. The van der Waals surface area contributed by atoms with Gasteiger partial charge in [0.25, 0.3) is 0 Å². The molecule has 0 saturated carbocycles. The summed E-state index contributed by atoms with van der Waals surface area (Å²) in [6.45, 7) is -0.825. The Bertz CT molecular complexity index is 113. The summed E-state index contributed by atoms with van der Waals surface area (Å²) in [5.41, 5.74) is 0. The van der Waals surface area contributed by atoms with E-state index in [1.807, 2.05) is 0 Å². The fourth-order valence-electron chi connectivity index (χ4n) is 1.63. The molecule has 0 bridgehead atoms. The molecule has 3 heteroatoms. The average molecular weight is 211 g/mol. The van der Waals surface area contributed by atoms with Gasteiger partial charge in [-0.1, -0.05) is 0 Å². The summed E-state index contributed by atoms with van der Waals surface area (Å²) in [4.78, 5) is 0. The Morgan fingerprint density at radius 2 is 1.82 bits per heavy atom. The molecule has 1 aliphatic heterocycles. The van der Waals surface area contributed by atoms with E-state index >= 15 is 0 Å². The molecule has 66 valence electrons. The second-order valence-electron chi connectivity index (χ2n) is 3.33. The molecule has 0 N–H and O–H groups in total. The minimum Gasteiger partial charge on any atom is -0.556 e. The van der Waals surface area contributed by atoms with Gasteiger partial charge < -0.3 is 12.2 Å². The topological polar surface area (TPSA) is 0 Å². The van der Waals surface area contributed by atoms with E-state index in [4.69, 9.17) is 23.8 Å². The van der Waals surface area contributed by atoms with Crippen LogP contribution in [-0.4, -0.2) is 24.4 Å². The van der Waals surface area contributed by atoms with E-state index in [1.165, 1.54) is 44.2 Å². The lowest BCUT2D eigenvalue weighted by atomic mass is 10.4. The van der Waals surface area contributed by atoms with Crippen molar-refractivity contribution in [2.24, 2.45) is 0 Å². The maximum atomic E-state index is 5.65. The first-order chi connectivity index (χ1) is 5.27. The van der Waals surface area contributed by atoms with Crippen LogP contribution in [0, 0.1) is 0 Å². The second kappa shape index (κ2) is 4.94. The minimum absolute atomic E-state index is 0.815. The van der Waals surface area contributed by atoms with E-state index in [2.05, 4.69) is 0 Å². The molecule has 0 radical (unpaired) electrons. The molecule has 1 rings (SSSR count). The predicted molar refractivity (Wildman–Crippen MR) is 58.1 cm³/mol. The van der Waals surface area contributed by atoms with Gasteiger partial charge in [-0.2, -0.15) is 0 Å². The van der Waals surface area contributed by atoms with Crippen molar-refractivity contribution >= 4 is 30.3 Å². The van der Waals surface area contributed by atoms with Crippen molar-refractivity contribution in [3.8, 4) is 0 Å². The maximum absolute atomic E-state index is 5.65. The van der Waals surface area contributed by atoms with E-state index in [0.29, 0.717) is 0 Å². The molecule has 0 aromatic carbocycles. The number of rotatable bonds is 4. The Hall–Kier alpha value is 1.07. The van der Waals surface area contributed by atoms with Crippen LogP contribution in [0.5, 0.6) is 0 Å². The van der Waals surface area contributed by atoms with E-state index < -0.39 is 6.46 Å². The van der Waals surface area contributed by atoms with Crippen LogP contribution in [-0.2, 0) is 12.2 Å². The predicted octanol–water partition coefficient (Wildman–Crippen LogP) is 3.28. The van der Waals surface area contributed by atoms with E-state index in [-0.39, 0.29) is 0 Å². The molecule has 0 aliphatic carbocycles. The molecule has 0 spiro atoms. The van der Waals surface area contributed by atoms with Gasteiger partial charge in [0.1, 0.15) is 0 Å². The van der Waals surface area contributed by atoms with Crippen molar-refractivity contribution in [3.63, 3.8) is 0 Å². The van der Waals surface area contributed by atoms with Gasteiger partial charge in [-0.3, -0.25) is 0 Å². The number of hydrogen-bond donors (Lipinski definition) is 0. The Labute approximate surface area is 80.6 Å². The first kappa shape index (κ1) is 10.2. The van der Waals surface area contributed by atoms with Crippen molar-refractivity contribution in [2.75, 3.05) is 24.4 Å². The molecular weight excluding hydrogens is 195 g/mol. The molecule has 0 amide bonds. The molecule has 1 aliphatic rings. The summed E-state index contributed by atoms with van der Waals surface area (Å²) in [5.74, 6) is 0.815. The molecule has 1 fully saturated rings. The third-order valence-corrected chi connectivity index (χ3v) is 7.63. The monoisotopic (exact) mass is 210 g/mol. The Balaban J connectivity index is 2.13. The third kappa shape index (κ3) is 3.53. The molecular formula is C8H16ClPS. The highest BCUT2D eigenvalue weighted by molar-refractivity contribution is 8.42. The molecule has 0 nitrogen and oxygen atoms in total. The van der Waals surface area contributed by atoms with Gasteiger partial charge in [-0.05, 0) is 25.7 Å². The highest BCUT2D eigenvalue weighted by Crippen LogP contribution is 2.62. The summed E-state index contributed by atoms with van der Waals surface area (Å²) in [5, 5.41) is 0. The third-order valence-electron chi connectivity index (χ3n) is 2.33. The van der Waals surface area contributed by atoms with Gasteiger partial charge in [-0.25, -0.2) is 0 Å². The molecule has 1 heterocycles. The fraction of sp³-hybridized carbons (Fsp3) is 1.00. The second-order valence-corrected chi connectivity index (χ2v) is 9.49. The summed E-state index contributed by atoms with van der Waals surface area (Å²) < 4.78 is 0. The van der Waals surface area contributed by atoms with Crippen LogP contribution in [0.25, 0.3) is 0 Å². The number of alkyl halides is 1. The minimum atomic E-state index is -0.825. The van der Waals surface area contributed by atoms with E-state index in [0.717, 1.165) is 5.88 Å². The highest BCUT2D eigenvalue weighted by Gasteiger charge is 2.26. The van der Waals surface area contributed by atoms with Crippen LogP contribution in [0.2, 0.25) is 0 Å². The zero-order valence-corrected chi connectivity index (χ0v) is 9.36. The summed E-state index contributed by atoms with van der Waals surface area (Å²) in [6.07, 6.45) is 9.33. The molecule has 11 heavy (non-hydrogen) atoms. The first-order valence-electron chi connectivity index (χ1n) is 4.40. The molecule has 0 aromatic heterocycles. The van der Waals surface area contributed by atoms with Crippen LogP contribution >= 0.6 is 18.1 Å². The van der Waals surface area contributed by atoms with Gasteiger partial charge in [-0.15, -0.1) is 18.1 Å². The van der Waals surface area contributed by atoms with Crippen molar-refractivity contribution < 1.29 is 0 Å². The Morgan fingerprint density at radius 3 is 2.36 bits per heavy atom. The Kier molecular flexibility index (Phi) is 4.56. The van der Waals surface area contributed by atoms with Crippen LogP contribution < -0.4 is 0 Å². The zero-order chi connectivity index (χ0) is 8.16. The van der Waals surface area contributed by atoms with Crippen molar-refractivity contribution in [1.29, 1.82) is 0 Å². The normalized spacial score (nSPS) is 22.4.